The molecule has 1 aromatic rings. The minimum Gasteiger partial charge on any atom is -0.476 e. The van der Waals surface area contributed by atoms with E-state index < -0.39 is 5.97 Å². The number of nitrogens with zero attached hydrogens (tertiary/aromatic N) is 2. The molecule has 1 rings (SSSR count). The predicted molar refractivity (Wildman–Crippen MR) is 63.1 cm³/mol. The number of carboxylic acids is 1. The third kappa shape index (κ3) is 5.26. The topological polar surface area (TPSA) is 84.3 Å². The second-order valence-electron chi connectivity index (χ2n) is 4.00. The predicted octanol–water partition coefficient (Wildman–Crippen LogP) is 1.26. The van der Waals surface area contributed by atoms with E-state index in [1.165, 1.54) is 6.07 Å². The van der Waals surface area contributed by atoms with Crippen LogP contribution < -0.4 is 5.32 Å². The quantitative estimate of drug-likeness (QED) is 0.697. The Morgan fingerprint density at radius 3 is 2.76 bits per heavy atom. The fourth-order valence-corrected chi connectivity index (χ4v) is 1.11. The normalized spacial score (nSPS) is 10.5. The number of hydrogen-bond acceptors (Lipinski definition) is 5. The van der Waals surface area contributed by atoms with E-state index >= 15 is 0 Å². The zero-order chi connectivity index (χ0) is 12.7. The molecular formula is C11H17N3O3. The van der Waals surface area contributed by atoms with Gasteiger partial charge in [0.25, 0.3) is 0 Å². The van der Waals surface area contributed by atoms with Crippen LogP contribution in [-0.2, 0) is 4.74 Å². The molecule has 94 valence electrons. The van der Waals surface area contributed by atoms with Crippen molar-refractivity contribution in [3.8, 4) is 0 Å². The van der Waals surface area contributed by atoms with Gasteiger partial charge < -0.3 is 15.2 Å². The summed E-state index contributed by atoms with van der Waals surface area (Å²) in [5.74, 6) is -0.0166. The first-order valence-electron chi connectivity index (χ1n) is 5.48. The van der Waals surface area contributed by atoms with Gasteiger partial charge in [0.05, 0.1) is 6.61 Å². The van der Waals surface area contributed by atoms with Gasteiger partial charge in [-0.2, -0.15) is 0 Å². The highest BCUT2D eigenvalue weighted by molar-refractivity contribution is 5.85. The van der Waals surface area contributed by atoms with E-state index in [1.54, 1.807) is 6.07 Å². The zero-order valence-electron chi connectivity index (χ0n) is 10.0. The van der Waals surface area contributed by atoms with Crippen LogP contribution in [0.1, 0.15) is 24.3 Å². The van der Waals surface area contributed by atoms with Crippen molar-refractivity contribution in [2.24, 2.45) is 5.92 Å². The van der Waals surface area contributed by atoms with Gasteiger partial charge in [-0.3, -0.25) is 0 Å². The van der Waals surface area contributed by atoms with Crippen LogP contribution >= 0.6 is 0 Å². The Morgan fingerprint density at radius 2 is 2.24 bits per heavy atom. The van der Waals surface area contributed by atoms with Crippen molar-refractivity contribution in [2.45, 2.75) is 13.8 Å². The largest absolute Gasteiger partial charge is 0.476 e. The molecule has 6 heteroatoms. The van der Waals surface area contributed by atoms with Crippen molar-refractivity contribution >= 4 is 11.8 Å². The van der Waals surface area contributed by atoms with Crippen LogP contribution in [0.4, 0.5) is 5.82 Å². The van der Waals surface area contributed by atoms with Crippen LogP contribution in [-0.4, -0.2) is 41.0 Å². The van der Waals surface area contributed by atoms with Gasteiger partial charge in [-0.05, 0) is 18.1 Å². The zero-order valence-corrected chi connectivity index (χ0v) is 10.0. The molecule has 2 N–H and O–H groups in total. The second-order valence-corrected chi connectivity index (χ2v) is 4.00. The molecule has 0 atom stereocenters. The second kappa shape index (κ2) is 6.80. The average Bonchev–Trinajstić information content (AvgIpc) is 2.29. The standard InChI is InChI=1S/C11H17N3O3/c1-8(2)7-17-6-5-12-10-4-3-9(11(15)16)13-14-10/h3-4,8H,5-7H2,1-2H3,(H,12,14)(H,15,16). The van der Waals surface area contributed by atoms with E-state index in [4.69, 9.17) is 9.84 Å². The van der Waals surface area contributed by atoms with Crippen LogP contribution in [0.2, 0.25) is 0 Å². The van der Waals surface area contributed by atoms with E-state index in [0.717, 1.165) is 6.61 Å². The highest BCUT2D eigenvalue weighted by Gasteiger charge is 2.04. The first kappa shape index (κ1) is 13.4. The summed E-state index contributed by atoms with van der Waals surface area (Å²) in [7, 11) is 0. The van der Waals surface area contributed by atoms with Gasteiger partial charge in [-0.15, -0.1) is 10.2 Å². The Bertz CT molecular complexity index is 351. The Morgan fingerprint density at radius 1 is 1.47 bits per heavy atom. The molecule has 0 fully saturated rings. The molecule has 0 radical (unpaired) electrons. The van der Waals surface area contributed by atoms with Gasteiger partial charge in [0.2, 0.25) is 0 Å². The lowest BCUT2D eigenvalue weighted by Gasteiger charge is -2.07. The van der Waals surface area contributed by atoms with E-state index in [1.807, 2.05) is 0 Å². The van der Waals surface area contributed by atoms with Crippen molar-refractivity contribution < 1.29 is 14.6 Å². The van der Waals surface area contributed by atoms with E-state index in [-0.39, 0.29) is 5.69 Å². The SMILES string of the molecule is CC(C)COCCNc1ccc(C(=O)O)nn1. The molecule has 0 saturated heterocycles. The molecular weight excluding hydrogens is 222 g/mol. The summed E-state index contributed by atoms with van der Waals surface area (Å²) in [4.78, 5) is 10.5. The maximum atomic E-state index is 10.5. The number of nitrogens with one attached hydrogen (secondary N) is 1. The number of rotatable bonds is 7. The molecule has 0 amide bonds. The Labute approximate surface area is 100 Å². The third-order valence-electron chi connectivity index (χ3n) is 1.89. The molecule has 0 aromatic carbocycles. The maximum Gasteiger partial charge on any atom is 0.356 e. The van der Waals surface area contributed by atoms with E-state index in [0.29, 0.717) is 24.9 Å². The minimum absolute atomic E-state index is 0.0633. The lowest BCUT2D eigenvalue weighted by atomic mass is 10.2. The Balaban J connectivity index is 2.25. The first-order chi connectivity index (χ1) is 8.09. The summed E-state index contributed by atoms with van der Waals surface area (Å²) in [6.07, 6.45) is 0. The highest BCUT2D eigenvalue weighted by atomic mass is 16.5. The van der Waals surface area contributed by atoms with Gasteiger partial charge in [0, 0.05) is 13.2 Å². The van der Waals surface area contributed by atoms with Gasteiger partial charge in [0.1, 0.15) is 5.82 Å². The molecule has 6 nitrogen and oxygen atoms in total. The summed E-state index contributed by atoms with van der Waals surface area (Å²) in [5, 5.41) is 18.9. The number of ether oxygens (including phenoxy) is 1. The first-order valence-corrected chi connectivity index (χ1v) is 5.48. The summed E-state index contributed by atoms with van der Waals surface area (Å²) >= 11 is 0. The molecule has 1 aromatic heterocycles. The third-order valence-corrected chi connectivity index (χ3v) is 1.89. The monoisotopic (exact) mass is 239 g/mol. The van der Waals surface area contributed by atoms with Crippen LogP contribution in [0.3, 0.4) is 0 Å². The number of anilines is 1. The summed E-state index contributed by atoms with van der Waals surface area (Å²) < 4.78 is 5.37. The molecule has 0 aliphatic carbocycles. The summed E-state index contributed by atoms with van der Waals surface area (Å²) in [6.45, 7) is 6.10. The number of carbonyl (C=O) groups is 1. The molecule has 0 unspecified atom stereocenters. The van der Waals surface area contributed by atoms with Crippen molar-refractivity contribution in [1.29, 1.82) is 0 Å². The molecule has 0 aliphatic heterocycles. The Hall–Kier alpha value is -1.69. The number of aromatic carboxylic acids is 1. The lowest BCUT2D eigenvalue weighted by Crippen LogP contribution is -2.13. The van der Waals surface area contributed by atoms with Crippen LogP contribution in [0.25, 0.3) is 0 Å². The maximum absolute atomic E-state index is 10.5. The molecule has 0 saturated carbocycles. The van der Waals surface area contributed by atoms with Crippen molar-refractivity contribution in [3.05, 3.63) is 17.8 Å². The number of hydrogen-bond donors (Lipinski definition) is 2. The molecule has 17 heavy (non-hydrogen) atoms. The van der Waals surface area contributed by atoms with Gasteiger partial charge in [0.15, 0.2) is 5.69 Å². The van der Waals surface area contributed by atoms with Crippen molar-refractivity contribution in [1.82, 2.24) is 10.2 Å². The molecule has 0 bridgehead atoms. The summed E-state index contributed by atoms with van der Waals surface area (Å²) in [6, 6.07) is 2.99. The molecule has 1 heterocycles. The lowest BCUT2D eigenvalue weighted by molar-refractivity contribution is 0.0689. The highest BCUT2D eigenvalue weighted by Crippen LogP contribution is 2.01. The molecule has 0 spiro atoms. The smallest absolute Gasteiger partial charge is 0.356 e. The van der Waals surface area contributed by atoms with Gasteiger partial charge in [-0.25, -0.2) is 4.79 Å². The molecule has 0 aliphatic rings. The average molecular weight is 239 g/mol. The van der Waals surface area contributed by atoms with E-state index in [2.05, 4.69) is 29.4 Å². The van der Waals surface area contributed by atoms with Gasteiger partial charge in [-0.1, -0.05) is 13.8 Å². The van der Waals surface area contributed by atoms with Crippen molar-refractivity contribution in [2.75, 3.05) is 25.1 Å². The van der Waals surface area contributed by atoms with Crippen molar-refractivity contribution in [3.63, 3.8) is 0 Å². The van der Waals surface area contributed by atoms with Gasteiger partial charge >= 0.3 is 5.97 Å². The van der Waals surface area contributed by atoms with Crippen LogP contribution in [0.5, 0.6) is 0 Å². The number of carboxylic acid groups (broad SMARTS) is 1. The summed E-state index contributed by atoms with van der Waals surface area (Å²) in [5.41, 5.74) is -0.0633. The number of aromatic nitrogens is 2. The fourth-order valence-electron chi connectivity index (χ4n) is 1.11. The van der Waals surface area contributed by atoms with Crippen LogP contribution in [0.15, 0.2) is 12.1 Å². The van der Waals surface area contributed by atoms with Crippen LogP contribution in [0, 0.1) is 5.92 Å². The Kier molecular flexibility index (Phi) is 5.35. The fraction of sp³-hybridized carbons (Fsp3) is 0.545. The van der Waals surface area contributed by atoms with E-state index in [9.17, 15) is 4.79 Å². The minimum atomic E-state index is -1.08.